The molecule has 150 valence electrons. The van der Waals surface area contributed by atoms with Gasteiger partial charge in [0.05, 0.1) is 16.9 Å². The van der Waals surface area contributed by atoms with E-state index in [0.717, 1.165) is 22.9 Å². The number of pyridine rings is 1. The highest BCUT2D eigenvalue weighted by Crippen LogP contribution is 2.24. The summed E-state index contributed by atoms with van der Waals surface area (Å²) < 4.78 is 5.75. The van der Waals surface area contributed by atoms with Gasteiger partial charge < -0.3 is 10.1 Å². The fourth-order valence-electron chi connectivity index (χ4n) is 3.64. The van der Waals surface area contributed by atoms with Crippen molar-refractivity contribution in [2.45, 2.75) is 44.6 Å². The topological polar surface area (TPSA) is 97.0 Å². The first-order chi connectivity index (χ1) is 14.1. The standard InChI is InChI=1S/C22H24N4O3/c1-14(15-5-3-2-4-6-15)9-18(27)10-17-11-20-19(12-23-17)22(26-25-20)29-13-16-7-8-21(28)24-16/h2-6,11-12,14,16H,7-10,13H2,1H3,(H,24,28)(H,25,26)/t14-,16-/m0/s1. The van der Waals surface area contributed by atoms with Crippen LogP contribution in [-0.4, -0.2) is 39.5 Å². The Labute approximate surface area is 168 Å². The first-order valence-corrected chi connectivity index (χ1v) is 9.90. The smallest absolute Gasteiger partial charge is 0.242 e. The molecule has 0 unspecified atom stereocenters. The first-order valence-electron chi connectivity index (χ1n) is 9.90. The van der Waals surface area contributed by atoms with Gasteiger partial charge in [-0.3, -0.25) is 19.7 Å². The van der Waals surface area contributed by atoms with Crippen molar-refractivity contribution in [1.82, 2.24) is 20.5 Å². The highest BCUT2D eigenvalue weighted by atomic mass is 16.5. The summed E-state index contributed by atoms with van der Waals surface area (Å²) in [4.78, 5) is 28.2. The maximum atomic E-state index is 12.5. The number of aromatic nitrogens is 3. The lowest BCUT2D eigenvalue weighted by atomic mass is 9.94. The Morgan fingerprint density at radius 1 is 1.31 bits per heavy atom. The van der Waals surface area contributed by atoms with Crippen LogP contribution >= 0.6 is 0 Å². The van der Waals surface area contributed by atoms with Gasteiger partial charge in [0.25, 0.3) is 0 Å². The highest BCUT2D eigenvalue weighted by Gasteiger charge is 2.22. The second kappa shape index (κ2) is 8.43. The second-order valence-electron chi connectivity index (χ2n) is 7.60. The van der Waals surface area contributed by atoms with Crippen LogP contribution in [0.2, 0.25) is 0 Å². The largest absolute Gasteiger partial charge is 0.474 e. The number of rotatable bonds is 8. The van der Waals surface area contributed by atoms with E-state index in [1.54, 1.807) is 6.20 Å². The SMILES string of the molecule is C[C@@H](CC(=O)Cc1cc2[nH]nc(OC[C@@H]3CCC(=O)N3)c2cn1)c1ccccc1. The van der Waals surface area contributed by atoms with Crippen LogP contribution < -0.4 is 10.1 Å². The number of fused-ring (bicyclic) bond motifs is 1. The molecule has 1 aliphatic rings. The number of hydrogen-bond acceptors (Lipinski definition) is 5. The third-order valence-corrected chi connectivity index (χ3v) is 5.26. The molecule has 3 aromatic rings. The summed E-state index contributed by atoms with van der Waals surface area (Å²) in [6, 6.07) is 11.9. The number of aromatic amines is 1. The van der Waals surface area contributed by atoms with E-state index in [4.69, 9.17) is 4.74 Å². The first kappa shape index (κ1) is 19.1. The maximum absolute atomic E-state index is 12.5. The summed E-state index contributed by atoms with van der Waals surface area (Å²) in [5.41, 5.74) is 2.66. The molecule has 1 fully saturated rings. The molecule has 29 heavy (non-hydrogen) atoms. The average Bonchev–Trinajstić information content (AvgIpc) is 3.32. The Bertz CT molecular complexity index is 1020. The minimum Gasteiger partial charge on any atom is -0.474 e. The van der Waals surface area contributed by atoms with E-state index >= 15 is 0 Å². The number of benzene rings is 1. The van der Waals surface area contributed by atoms with Crippen LogP contribution in [0.15, 0.2) is 42.6 Å². The van der Waals surface area contributed by atoms with Crippen LogP contribution in [0.1, 0.15) is 43.4 Å². The molecule has 4 rings (SSSR count). The van der Waals surface area contributed by atoms with Gasteiger partial charge in [-0.1, -0.05) is 37.3 Å². The van der Waals surface area contributed by atoms with Crippen molar-refractivity contribution in [2.24, 2.45) is 0 Å². The van der Waals surface area contributed by atoms with Gasteiger partial charge in [-0.25, -0.2) is 0 Å². The molecular formula is C22H24N4O3. The quantitative estimate of drug-likeness (QED) is 0.614. The number of ketones is 1. The molecular weight excluding hydrogens is 368 g/mol. The zero-order chi connectivity index (χ0) is 20.2. The van der Waals surface area contributed by atoms with E-state index in [1.807, 2.05) is 36.4 Å². The molecule has 7 nitrogen and oxygen atoms in total. The summed E-state index contributed by atoms with van der Waals surface area (Å²) in [6.07, 6.45) is 3.76. The minimum absolute atomic E-state index is 0.0192. The van der Waals surface area contributed by atoms with Crippen LogP contribution in [0.3, 0.4) is 0 Å². The molecule has 0 spiro atoms. The molecule has 7 heteroatoms. The van der Waals surface area contributed by atoms with Crippen LogP contribution in [0.4, 0.5) is 0 Å². The van der Waals surface area contributed by atoms with Crippen LogP contribution in [0, 0.1) is 0 Å². The normalized spacial score (nSPS) is 17.3. The number of Topliss-reactive ketones (excluding diaryl/α,β-unsaturated/α-hetero) is 1. The third-order valence-electron chi connectivity index (χ3n) is 5.26. The van der Waals surface area contributed by atoms with Gasteiger partial charge in [0.15, 0.2) is 0 Å². The van der Waals surface area contributed by atoms with Crippen molar-refractivity contribution in [3.63, 3.8) is 0 Å². The van der Waals surface area contributed by atoms with Crippen LogP contribution in [0.25, 0.3) is 10.9 Å². The number of carbonyl (C=O) groups is 2. The monoisotopic (exact) mass is 392 g/mol. The highest BCUT2D eigenvalue weighted by molar-refractivity contribution is 5.86. The van der Waals surface area contributed by atoms with E-state index in [2.05, 4.69) is 27.4 Å². The fourth-order valence-corrected chi connectivity index (χ4v) is 3.64. The van der Waals surface area contributed by atoms with E-state index in [1.165, 1.54) is 0 Å². The van der Waals surface area contributed by atoms with Crippen molar-refractivity contribution in [2.75, 3.05) is 6.61 Å². The van der Waals surface area contributed by atoms with Crippen LogP contribution in [0.5, 0.6) is 5.88 Å². The van der Waals surface area contributed by atoms with Gasteiger partial charge in [-0.15, -0.1) is 5.10 Å². The molecule has 2 atom stereocenters. The average molecular weight is 392 g/mol. The summed E-state index contributed by atoms with van der Waals surface area (Å²) in [5, 5.41) is 10.8. The predicted molar refractivity (Wildman–Crippen MR) is 109 cm³/mol. The van der Waals surface area contributed by atoms with Crippen molar-refractivity contribution in [3.05, 3.63) is 53.9 Å². The Morgan fingerprint density at radius 2 is 2.14 bits per heavy atom. The van der Waals surface area contributed by atoms with Crippen molar-refractivity contribution in [3.8, 4) is 5.88 Å². The molecule has 0 bridgehead atoms. The van der Waals surface area contributed by atoms with Gasteiger partial charge in [0.2, 0.25) is 11.8 Å². The van der Waals surface area contributed by atoms with Gasteiger partial charge in [0, 0.05) is 31.2 Å². The Morgan fingerprint density at radius 3 is 2.90 bits per heavy atom. The number of nitrogens with one attached hydrogen (secondary N) is 2. The van der Waals surface area contributed by atoms with Crippen LogP contribution in [-0.2, 0) is 16.0 Å². The van der Waals surface area contributed by atoms with Gasteiger partial charge in [-0.05, 0) is 24.0 Å². The zero-order valence-electron chi connectivity index (χ0n) is 16.4. The lowest BCUT2D eigenvalue weighted by Crippen LogP contribution is -2.30. The Kier molecular flexibility index (Phi) is 5.55. The van der Waals surface area contributed by atoms with E-state index < -0.39 is 0 Å². The van der Waals surface area contributed by atoms with Gasteiger partial charge >= 0.3 is 0 Å². The van der Waals surface area contributed by atoms with Gasteiger partial charge in [-0.2, -0.15) is 0 Å². The lowest BCUT2D eigenvalue weighted by molar-refractivity contribution is -0.120. The molecule has 0 aliphatic carbocycles. The number of ether oxygens (including phenoxy) is 1. The zero-order valence-corrected chi connectivity index (χ0v) is 16.4. The minimum atomic E-state index is 0.0192. The number of carbonyl (C=O) groups excluding carboxylic acids is 2. The fraction of sp³-hybridized carbons (Fsp3) is 0.364. The summed E-state index contributed by atoms with van der Waals surface area (Å²) >= 11 is 0. The van der Waals surface area contributed by atoms with Gasteiger partial charge in [0.1, 0.15) is 12.4 Å². The van der Waals surface area contributed by atoms with Crippen molar-refractivity contribution >= 4 is 22.6 Å². The summed E-state index contributed by atoms with van der Waals surface area (Å²) in [6.45, 7) is 2.44. The van der Waals surface area contributed by atoms with Crippen molar-refractivity contribution in [1.29, 1.82) is 0 Å². The van der Waals surface area contributed by atoms with E-state index in [0.29, 0.717) is 31.0 Å². The predicted octanol–water partition coefficient (Wildman–Crippen LogP) is 2.92. The molecule has 1 aromatic carbocycles. The third kappa shape index (κ3) is 4.62. The number of H-pyrrole nitrogens is 1. The number of nitrogens with zero attached hydrogens (tertiary/aromatic N) is 2. The number of hydrogen-bond donors (Lipinski definition) is 2. The summed E-state index contributed by atoms with van der Waals surface area (Å²) in [5.74, 6) is 0.851. The van der Waals surface area contributed by atoms with E-state index in [-0.39, 0.29) is 30.1 Å². The molecule has 1 saturated heterocycles. The lowest BCUT2D eigenvalue weighted by Gasteiger charge is -2.11. The molecule has 2 aromatic heterocycles. The molecule has 0 radical (unpaired) electrons. The molecule has 1 aliphatic heterocycles. The van der Waals surface area contributed by atoms with E-state index in [9.17, 15) is 9.59 Å². The molecule has 1 amide bonds. The number of amides is 1. The Hall–Kier alpha value is -3.22. The summed E-state index contributed by atoms with van der Waals surface area (Å²) in [7, 11) is 0. The Balaban J connectivity index is 1.36. The maximum Gasteiger partial charge on any atom is 0.242 e. The molecule has 0 saturated carbocycles. The molecule has 2 N–H and O–H groups in total. The second-order valence-corrected chi connectivity index (χ2v) is 7.60. The van der Waals surface area contributed by atoms with Crippen molar-refractivity contribution < 1.29 is 14.3 Å². The molecule has 3 heterocycles.